The normalized spacial score (nSPS) is 21.3. The van der Waals surface area contributed by atoms with Crippen molar-refractivity contribution in [1.29, 1.82) is 0 Å². The number of nitrogens with zero attached hydrogens (tertiary/aromatic N) is 4. The van der Waals surface area contributed by atoms with Crippen LogP contribution < -0.4 is 4.74 Å². The Labute approximate surface area is 158 Å². The molecule has 4 rings (SSSR count). The molecule has 7 nitrogen and oxygen atoms in total. The summed E-state index contributed by atoms with van der Waals surface area (Å²) in [5, 5.41) is 0. The summed E-state index contributed by atoms with van der Waals surface area (Å²) in [7, 11) is 0. The lowest BCUT2D eigenvalue weighted by atomic mass is 9.78. The van der Waals surface area contributed by atoms with E-state index in [9.17, 15) is 4.79 Å². The third-order valence-electron chi connectivity index (χ3n) is 5.65. The molecule has 2 saturated heterocycles. The maximum absolute atomic E-state index is 12.6. The highest BCUT2D eigenvalue weighted by Gasteiger charge is 2.46. The van der Waals surface area contributed by atoms with Gasteiger partial charge in [-0.2, -0.15) is 0 Å². The Morgan fingerprint density at radius 2 is 2.11 bits per heavy atom. The van der Waals surface area contributed by atoms with Crippen LogP contribution in [0.3, 0.4) is 0 Å². The average molecular weight is 368 g/mol. The molecule has 2 aliphatic heterocycles. The zero-order valence-electron chi connectivity index (χ0n) is 15.3. The third-order valence-corrected chi connectivity index (χ3v) is 5.65. The lowest BCUT2D eigenvalue weighted by Crippen LogP contribution is -2.49. The third kappa shape index (κ3) is 3.93. The van der Waals surface area contributed by atoms with Gasteiger partial charge < -0.3 is 14.4 Å². The largest absolute Gasteiger partial charge is 0.478 e. The van der Waals surface area contributed by atoms with Crippen molar-refractivity contribution >= 4 is 5.91 Å². The summed E-state index contributed by atoms with van der Waals surface area (Å²) in [5.41, 5.74) is 0.323. The van der Waals surface area contributed by atoms with E-state index in [1.165, 1.54) is 6.33 Å². The second-order valence-electron chi connectivity index (χ2n) is 7.09. The quantitative estimate of drug-likeness (QED) is 0.806. The Morgan fingerprint density at radius 1 is 1.22 bits per heavy atom. The minimum Gasteiger partial charge on any atom is -0.478 e. The van der Waals surface area contributed by atoms with Gasteiger partial charge in [-0.3, -0.25) is 4.79 Å². The molecule has 0 aliphatic carbocycles. The fourth-order valence-electron chi connectivity index (χ4n) is 4.15. The fourth-order valence-corrected chi connectivity index (χ4v) is 4.15. The van der Waals surface area contributed by atoms with E-state index in [1.54, 1.807) is 18.5 Å². The Hall–Kier alpha value is -2.54. The maximum atomic E-state index is 12.6. The molecule has 0 bridgehead atoms. The molecule has 0 saturated carbocycles. The second kappa shape index (κ2) is 8.00. The van der Waals surface area contributed by atoms with E-state index in [1.807, 2.05) is 23.1 Å². The molecular weight excluding hydrogens is 344 g/mol. The molecule has 0 aromatic carbocycles. The number of likely N-dealkylation sites (tertiary alicyclic amines) is 1. The van der Waals surface area contributed by atoms with Gasteiger partial charge in [-0.05, 0) is 43.7 Å². The van der Waals surface area contributed by atoms with Crippen LogP contribution in [-0.4, -0.2) is 57.7 Å². The van der Waals surface area contributed by atoms with E-state index in [2.05, 4.69) is 15.0 Å². The van der Waals surface area contributed by atoms with Crippen LogP contribution >= 0.6 is 0 Å². The Morgan fingerprint density at radius 3 is 2.85 bits per heavy atom. The molecule has 1 spiro atoms. The van der Waals surface area contributed by atoms with Gasteiger partial charge in [0.1, 0.15) is 12.0 Å². The maximum Gasteiger partial charge on any atom is 0.272 e. The van der Waals surface area contributed by atoms with Crippen molar-refractivity contribution in [3.8, 4) is 5.88 Å². The predicted octanol–water partition coefficient (Wildman–Crippen LogP) is 2.35. The second-order valence-corrected chi connectivity index (χ2v) is 7.09. The molecule has 142 valence electrons. The molecule has 0 N–H and O–H groups in total. The summed E-state index contributed by atoms with van der Waals surface area (Å²) in [6.07, 6.45) is 8.46. The Kier molecular flexibility index (Phi) is 5.29. The van der Waals surface area contributed by atoms with Crippen LogP contribution in [0.5, 0.6) is 5.88 Å². The van der Waals surface area contributed by atoms with Crippen molar-refractivity contribution in [3.05, 3.63) is 48.7 Å². The highest BCUT2D eigenvalue weighted by atomic mass is 16.5. The number of hydrogen-bond donors (Lipinski definition) is 0. The molecule has 0 radical (unpaired) electrons. The van der Waals surface area contributed by atoms with E-state index in [0.717, 1.165) is 32.3 Å². The first-order valence-corrected chi connectivity index (χ1v) is 9.50. The summed E-state index contributed by atoms with van der Waals surface area (Å²) in [5.74, 6) is 1.09. The van der Waals surface area contributed by atoms with Crippen molar-refractivity contribution in [2.75, 3.05) is 26.3 Å². The zero-order valence-corrected chi connectivity index (χ0v) is 15.3. The zero-order chi connectivity index (χ0) is 18.5. The van der Waals surface area contributed by atoms with E-state index >= 15 is 0 Å². The molecule has 1 atom stereocenters. The number of piperidine rings is 1. The predicted molar refractivity (Wildman–Crippen MR) is 98.3 cm³/mol. The highest BCUT2D eigenvalue weighted by molar-refractivity contribution is 5.92. The topological polar surface area (TPSA) is 77.4 Å². The monoisotopic (exact) mass is 368 g/mol. The number of rotatable bonds is 5. The van der Waals surface area contributed by atoms with Gasteiger partial charge in [-0.25, -0.2) is 15.0 Å². The smallest absolute Gasteiger partial charge is 0.272 e. The van der Waals surface area contributed by atoms with Gasteiger partial charge in [0, 0.05) is 38.2 Å². The fraction of sp³-hybridized carbons (Fsp3) is 0.500. The summed E-state index contributed by atoms with van der Waals surface area (Å²) < 4.78 is 12.0. The van der Waals surface area contributed by atoms with Gasteiger partial charge in [-0.1, -0.05) is 6.07 Å². The lowest BCUT2D eigenvalue weighted by Gasteiger charge is -2.42. The van der Waals surface area contributed by atoms with Crippen LogP contribution in [0.1, 0.15) is 36.2 Å². The van der Waals surface area contributed by atoms with Crippen molar-refractivity contribution < 1.29 is 14.3 Å². The lowest BCUT2D eigenvalue weighted by molar-refractivity contribution is -0.0649. The number of pyridine rings is 1. The van der Waals surface area contributed by atoms with Crippen molar-refractivity contribution in [1.82, 2.24) is 19.9 Å². The highest BCUT2D eigenvalue weighted by Crippen LogP contribution is 2.42. The number of carbonyl (C=O) groups is 1. The summed E-state index contributed by atoms with van der Waals surface area (Å²) >= 11 is 0. The van der Waals surface area contributed by atoms with Crippen LogP contribution in [0, 0.1) is 5.92 Å². The first-order chi connectivity index (χ1) is 13.3. The van der Waals surface area contributed by atoms with Crippen LogP contribution in [0.25, 0.3) is 0 Å². The molecule has 4 heterocycles. The first-order valence-electron chi connectivity index (χ1n) is 9.50. The Bertz CT molecular complexity index is 748. The molecule has 1 amide bonds. The SMILES string of the molecule is O=C(c1ccncn1)N1CCC2(CC1)OCCC2CCOc1ccccn1. The molecule has 2 aromatic heterocycles. The van der Waals surface area contributed by atoms with Crippen molar-refractivity contribution in [2.45, 2.75) is 31.3 Å². The van der Waals surface area contributed by atoms with E-state index in [4.69, 9.17) is 9.47 Å². The molecule has 1 unspecified atom stereocenters. The average Bonchev–Trinajstić information content (AvgIpc) is 3.11. The van der Waals surface area contributed by atoms with Crippen LogP contribution in [0.4, 0.5) is 0 Å². The number of hydrogen-bond acceptors (Lipinski definition) is 6. The first kappa shape index (κ1) is 17.9. The van der Waals surface area contributed by atoms with E-state index in [0.29, 0.717) is 37.2 Å². The van der Waals surface area contributed by atoms with E-state index < -0.39 is 0 Å². The minimum absolute atomic E-state index is 0.0275. The van der Waals surface area contributed by atoms with Crippen molar-refractivity contribution in [3.63, 3.8) is 0 Å². The molecule has 2 aromatic rings. The molecule has 2 aliphatic rings. The van der Waals surface area contributed by atoms with Crippen LogP contribution in [0.2, 0.25) is 0 Å². The van der Waals surface area contributed by atoms with Crippen LogP contribution in [-0.2, 0) is 4.74 Å². The minimum atomic E-state index is -0.129. The van der Waals surface area contributed by atoms with E-state index in [-0.39, 0.29) is 11.5 Å². The van der Waals surface area contributed by atoms with Crippen LogP contribution in [0.15, 0.2) is 43.0 Å². The molecule has 2 fully saturated rings. The van der Waals surface area contributed by atoms with Gasteiger partial charge >= 0.3 is 0 Å². The van der Waals surface area contributed by atoms with Gasteiger partial charge in [0.25, 0.3) is 5.91 Å². The molecular formula is C20H24N4O3. The number of carbonyl (C=O) groups excluding carboxylic acids is 1. The molecule has 7 heteroatoms. The summed E-state index contributed by atoms with van der Waals surface area (Å²) in [6, 6.07) is 7.34. The number of amides is 1. The Balaban J connectivity index is 1.31. The molecule has 27 heavy (non-hydrogen) atoms. The summed E-state index contributed by atoms with van der Waals surface area (Å²) in [4.78, 5) is 26.6. The van der Waals surface area contributed by atoms with Gasteiger partial charge in [0.15, 0.2) is 0 Å². The van der Waals surface area contributed by atoms with Crippen molar-refractivity contribution in [2.24, 2.45) is 5.92 Å². The van der Waals surface area contributed by atoms with Gasteiger partial charge in [-0.15, -0.1) is 0 Å². The summed E-state index contributed by atoms with van der Waals surface area (Å²) in [6.45, 7) is 2.81. The van der Waals surface area contributed by atoms with Gasteiger partial charge in [0.05, 0.1) is 12.2 Å². The number of ether oxygens (including phenoxy) is 2. The number of aromatic nitrogens is 3. The van der Waals surface area contributed by atoms with Gasteiger partial charge in [0.2, 0.25) is 5.88 Å². The standard InChI is InChI=1S/C20H24N4O3/c25-19(17-4-10-21-15-23-17)24-11-7-20(8-12-24)16(6-14-27-20)5-13-26-18-3-1-2-9-22-18/h1-4,9-10,15-16H,5-8,11-14H2.